The van der Waals surface area contributed by atoms with Crippen molar-refractivity contribution in [1.82, 2.24) is 4.98 Å². The molecule has 2 N–H and O–H groups in total. The first-order valence-corrected chi connectivity index (χ1v) is 3.38. The van der Waals surface area contributed by atoms with E-state index in [2.05, 4.69) is 4.98 Å². The van der Waals surface area contributed by atoms with Crippen molar-refractivity contribution < 1.29 is 0 Å². The number of rotatable bonds is 0. The highest BCUT2D eigenvalue weighted by Crippen LogP contribution is 1.88. The molecule has 0 saturated heterocycles. The van der Waals surface area contributed by atoms with Crippen LogP contribution < -0.4 is 5.73 Å². The lowest BCUT2D eigenvalue weighted by molar-refractivity contribution is 1.14. The molecule has 0 atom stereocenters. The molecule has 0 aliphatic carbocycles. The summed E-state index contributed by atoms with van der Waals surface area (Å²) >= 11 is 0. The van der Waals surface area contributed by atoms with Crippen molar-refractivity contribution in [2.75, 3.05) is 6.54 Å². The van der Waals surface area contributed by atoms with Crippen LogP contribution >= 0.6 is 0 Å². The Morgan fingerprint density at radius 2 is 2.20 bits per heavy atom. The average molecular weight is 138 g/mol. The summed E-state index contributed by atoms with van der Waals surface area (Å²) in [4.78, 5) is 3.88. The topological polar surface area (TPSA) is 38.9 Å². The average Bonchev–Trinajstić information content (AvgIpc) is 1.91. The molecule has 56 valence electrons. The molecule has 2 heteroatoms. The van der Waals surface area contributed by atoms with E-state index >= 15 is 0 Å². The van der Waals surface area contributed by atoms with Crippen LogP contribution in [0.2, 0.25) is 0 Å². The zero-order valence-electron chi connectivity index (χ0n) is 6.54. The minimum atomic E-state index is 0.750. The van der Waals surface area contributed by atoms with Gasteiger partial charge >= 0.3 is 0 Å². The van der Waals surface area contributed by atoms with Crippen molar-refractivity contribution in [2.45, 2.75) is 13.8 Å². The van der Waals surface area contributed by atoms with Gasteiger partial charge in [-0.3, -0.25) is 4.98 Å². The molecular weight excluding hydrogens is 124 g/mol. The number of pyridine rings is 1. The molecule has 1 rings (SSSR count). The molecule has 1 aromatic heterocycles. The van der Waals surface area contributed by atoms with E-state index in [0.29, 0.717) is 0 Å². The Morgan fingerprint density at radius 1 is 1.60 bits per heavy atom. The Hall–Kier alpha value is -0.890. The smallest absolute Gasteiger partial charge is 0.0297 e. The number of aryl methyl sites for hydroxylation is 1. The molecule has 0 radical (unpaired) electrons. The van der Waals surface area contributed by atoms with Gasteiger partial charge in [0.15, 0.2) is 0 Å². The maximum Gasteiger partial charge on any atom is 0.0297 e. The van der Waals surface area contributed by atoms with Gasteiger partial charge in [0.2, 0.25) is 0 Å². The Kier molecular flexibility index (Phi) is 5.68. The normalized spacial score (nSPS) is 7.90. The van der Waals surface area contributed by atoms with Crippen LogP contribution in [0.3, 0.4) is 0 Å². The van der Waals surface area contributed by atoms with Crippen LogP contribution in [0.4, 0.5) is 0 Å². The van der Waals surface area contributed by atoms with Crippen LogP contribution in [0.5, 0.6) is 0 Å². The molecule has 0 aliphatic heterocycles. The van der Waals surface area contributed by atoms with Crippen LogP contribution in [0.15, 0.2) is 24.5 Å². The van der Waals surface area contributed by atoms with E-state index in [1.807, 2.05) is 32.2 Å². The summed E-state index contributed by atoms with van der Waals surface area (Å²) in [5.74, 6) is 0. The fourth-order valence-corrected chi connectivity index (χ4v) is 0.448. The first kappa shape index (κ1) is 9.11. The second kappa shape index (κ2) is 6.23. The van der Waals surface area contributed by atoms with Gasteiger partial charge in [-0.2, -0.15) is 0 Å². The largest absolute Gasteiger partial charge is 0.331 e. The van der Waals surface area contributed by atoms with Gasteiger partial charge in [0.05, 0.1) is 0 Å². The predicted octanol–water partition coefficient (Wildman–Crippen LogP) is 1.36. The molecule has 0 amide bonds. The van der Waals surface area contributed by atoms with Crippen LogP contribution in [-0.2, 0) is 0 Å². The fourth-order valence-electron chi connectivity index (χ4n) is 0.448. The third-order valence-electron chi connectivity index (χ3n) is 0.809. The van der Waals surface area contributed by atoms with E-state index in [0.717, 1.165) is 6.54 Å². The van der Waals surface area contributed by atoms with Crippen molar-refractivity contribution in [1.29, 1.82) is 0 Å². The molecule has 1 heterocycles. The summed E-state index contributed by atoms with van der Waals surface area (Å²) in [6.45, 7) is 4.67. The van der Waals surface area contributed by atoms with E-state index in [4.69, 9.17) is 5.73 Å². The zero-order chi connectivity index (χ0) is 7.82. The molecule has 0 aromatic carbocycles. The second-order valence-electron chi connectivity index (χ2n) is 1.94. The van der Waals surface area contributed by atoms with E-state index in [-0.39, 0.29) is 0 Å². The van der Waals surface area contributed by atoms with Crippen molar-refractivity contribution in [3.05, 3.63) is 30.1 Å². The molecule has 0 unspecified atom stereocenters. The number of nitrogens with zero attached hydrogens (tertiary/aromatic N) is 1. The van der Waals surface area contributed by atoms with Crippen LogP contribution in [0, 0.1) is 6.92 Å². The first-order chi connectivity index (χ1) is 4.81. The highest BCUT2D eigenvalue weighted by molar-refractivity contribution is 5.04. The highest BCUT2D eigenvalue weighted by Gasteiger charge is 1.73. The van der Waals surface area contributed by atoms with Gasteiger partial charge < -0.3 is 5.73 Å². The quantitative estimate of drug-likeness (QED) is 0.587. The Bertz CT molecular complexity index is 149. The molecule has 0 fully saturated rings. The minimum absolute atomic E-state index is 0.750. The summed E-state index contributed by atoms with van der Waals surface area (Å²) in [6.07, 6.45) is 3.60. The lowest BCUT2D eigenvalue weighted by Crippen LogP contribution is -1.87. The monoisotopic (exact) mass is 138 g/mol. The van der Waals surface area contributed by atoms with Gasteiger partial charge in [-0.25, -0.2) is 0 Å². The standard InChI is InChI=1S/C6H7N.C2H7N/c1-6-3-2-4-7-5-6;1-2-3/h2-5H,1H3;2-3H2,1H3. The predicted molar refractivity (Wildman–Crippen MR) is 43.7 cm³/mol. The van der Waals surface area contributed by atoms with Crippen LogP contribution in [0.25, 0.3) is 0 Å². The minimum Gasteiger partial charge on any atom is -0.331 e. The van der Waals surface area contributed by atoms with Crippen molar-refractivity contribution in [3.8, 4) is 0 Å². The number of hydrogen-bond acceptors (Lipinski definition) is 2. The molecule has 0 bridgehead atoms. The number of hydrogen-bond donors (Lipinski definition) is 1. The molecule has 0 spiro atoms. The summed E-state index contributed by atoms with van der Waals surface area (Å²) in [7, 11) is 0. The van der Waals surface area contributed by atoms with Crippen molar-refractivity contribution >= 4 is 0 Å². The lowest BCUT2D eigenvalue weighted by atomic mass is 10.3. The number of nitrogens with two attached hydrogens (primary N) is 1. The number of aromatic nitrogens is 1. The van der Waals surface area contributed by atoms with Crippen LogP contribution in [-0.4, -0.2) is 11.5 Å². The molecule has 0 saturated carbocycles. The third-order valence-corrected chi connectivity index (χ3v) is 0.809. The van der Waals surface area contributed by atoms with Crippen molar-refractivity contribution in [2.24, 2.45) is 5.73 Å². The Balaban J connectivity index is 0.000000236. The van der Waals surface area contributed by atoms with Gasteiger partial charge in [-0.1, -0.05) is 13.0 Å². The molecule has 10 heavy (non-hydrogen) atoms. The molecule has 0 aliphatic rings. The maximum atomic E-state index is 4.85. The van der Waals surface area contributed by atoms with Crippen molar-refractivity contribution in [3.63, 3.8) is 0 Å². The zero-order valence-corrected chi connectivity index (χ0v) is 6.54. The fraction of sp³-hybridized carbons (Fsp3) is 0.375. The summed E-state index contributed by atoms with van der Waals surface area (Å²) in [6, 6.07) is 3.95. The van der Waals surface area contributed by atoms with E-state index in [1.54, 1.807) is 6.20 Å². The summed E-state index contributed by atoms with van der Waals surface area (Å²) < 4.78 is 0. The Labute approximate surface area is 62.1 Å². The van der Waals surface area contributed by atoms with Gasteiger partial charge in [0, 0.05) is 12.4 Å². The van der Waals surface area contributed by atoms with E-state index in [1.165, 1.54) is 5.56 Å². The second-order valence-corrected chi connectivity index (χ2v) is 1.94. The SMILES string of the molecule is CCN.Cc1cccnc1. The molecule has 2 nitrogen and oxygen atoms in total. The first-order valence-electron chi connectivity index (χ1n) is 3.38. The Morgan fingerprint density at radius 3 is 2.40 bits per heavy atom. The molecule has 1 aromatic rings. The lowest BCUT2D eigenvalue weighted by Gasteiger charge is -1.82. The molecular formula is C8H14N2. The van der Waals surface area contributed by atoms with Crippen LogP contribution in [0.1, 0.15) is 12.5 Å². The van der Waals surface area contributed by atoms with Gasteiger partial charge in [0.25, 0.3) is 0 Å². The van der Waals surface area contributed by atoms with Gasteiger partial charge in [0.1, 0.15) is 0 Å². The highest BCUT2D eigenvalue weighted by atomic mass is 14.6. The third kappa shape index (κ3) is 5.25. The van der Waals surface area contributed by atoms with E-state index in [9.17, 15) is 0 Å². The summed E-state index contributed by atoms with van der Waals surface area (Å²) in [5.41, 5.74) is 6.06. The van der Waals surface area contributed by atoms with E-state index < -0.39 is 0 Å². The summed E-state index contributed by atoms with van der Waals surface area (Å²) in [5, 5.41) is 0. The maximum absolute atomic E-state index is 4.85. The van der Waals surface area contributed by atoms with Gasteiger partial charge in [-0.15, -0.1) is 0 Å². The van der Waals surface area contributed by atoms with Gasteiger partial charge in [-0.05, 0) is 25.1 Å².